The number of aliphatic hydroxyl groups excluding tert-OH is 1. The second-order valence-electron chi connectivity index (χ2n) is 19.2. The summed E-state index contributed by atoms with van der Waals surface area (Å²) in [7, 11) is 1.93. The highest BCUT2D eigenvalue weighted by atomic mass is 32.1. The van der Waals surface area contributed by atoms with E-state index in [1.54, 1.807) is 17.5 Å². The lowest BCUT2D eigenvalue weighted by Crippen LogP contribution is -2.58. The van der Waals surface area contributed by atoms with Crippen LogP contribution < -0.4 is 16.0 Å². The third-order valence-corrected chi connectivity index (χ3v) is 14.0. The number of amides is 3. The first-order valence-electron chi connectivity index (χ1n) is 24.5. The van der Waals surface area contributed by atoms with E-state index in [0.29, 0.717) is 51.5 Å². The molecule has 1 aromatic carbocycles. The number of nitrogens with zero attached hydrogens (tertiary/aromatic N) is 7. The topological polar surface area (TPSA) is 217 Å². The van der Waals surface area contributed by atoms with Crippen LogP contribution in [0.15, 0.2) is 36.0 Å². The number of carbonyl (C=O) groups is 3. The second kappa shape index (κ2) is 25.4. The van der Waals surface area contributed by atoms with E-state index in [1.807, 2.05) is 69.2 Å². The summed E-state index contributed by atoms with van der Waals surface area (Å²) in [5.74, 6) is 0.358. The van der Waals surface area contributed by atoms with E-state index in [0.717, 1.165) is 89.9 Å². The third kappa shape index (κ3) is 14.9. The normalized spacial score (nSPS) is 20.6. The molecular formula is C49H72N10O9S. The summed E-state index contributed by atoms with van der Waals surface area (Å²) in [5.41, 5.74) is 5.82. The molecule has 69 heavy (non-hydrogen) atoms. The van der Waals surface area contributed by atoms with Crippen molar-refractivity contribution in [3.63, 3.8) is 0 Å². The van der Waals surface area contributed by atoms with E-state index in [9.17, 15) is 19.5 Å². The summed E-state index contributed by atoms with van der Waals surface area (Å²) in [6.07, 6.45) is 7.07. The number of aliphatic hydroxyl groups is 1. The van der Waals surface area contributed by atoms with Crippen LogP contribution in [0.3, 0.4) is 0 Å². The number of aryl methyl sites for hydroxylation is 3. The summed E-state index contributed by atoms with van der Waals surface area (Å²) in [6.45, 7) is 13.8. The van der Waals surface area contributed by atoms with Crippen molar-refractivity contribution in [2.45, 2.75) is 109 Å². The van der Waals surface area contributed by atoms with E-state index < -0.39 is 35.4 Å². The van der Waals surface area contributed by atoms with Gasteiger partial charge < -0.3 is 49.6 Å². The largest absolute Gasteiger partial charge is 0.391 e. The number of morpholine rings is 1. The fourth-order valence-electron chi connectivity index (χ4n) is 9.20. The number of aromatic nitrogens is 5. The Morgan fingerprint density at radius 3 is 2.28 bits per heavy atom. The van der Waals surface area contributed by atoms with Crippen molar-refractivity contribution in [2.75, 3.05) is 91.0 Å². The molecule has 4 aromatic rings. The number of nitrogens with one attached hydrogen (secondary N) is 3. The van der Waals surface area contributed by atoms with E-state index >= 15 is 0 Å². The number of thiazole rings is 1. The van der Waals surface area contributed by atoms with Crippen LogP contribution in [0.2, 0.25) is 0 Å². The highest BCUT2D eigenvalue weighted by Gasteiger charge is 2.44. The molecule has 20 heteroatoms. The minimum absolute atomic E-state index is 0.00932. The molecule has 3 aliphatic rings. The summed E-state index contributed by atoms with van der Waals surface area (Å²) in [4.78, 5) is 59.5. The van der Waals surface area contributed by atoms with Crippen LogP contribution in [0.1, 0.15) is 76.4 Å². The van der Waals surface area contributed by atoms with Gasteiger partial charge in [-0.25, -0.2) is 15.0 Å². The van der Waals surface area contributed by atoms with Gasteiger partial charge in [-0.1, -0.05) is 45.0 Å². The molecule has 2 aliphatic heterocycles. The maximum atomic E-state index is 13.9. The molecule has 1 saturated carbocycles. The summed E-state index contributed by atoms with van der Waals surface area (Å²) in [6, 6.07) is 7.06. The molecule has 3 fully saturated rings. The Balaban J connectivity index is 0.729. The van der Waals surface area contributed by atoms with Crippen LogP contribution in [0.4, 0.5) is 5.82 Å². The maximum Gasteiger partial charge on any atom is 0.246 e. The number of hydrogen-bond acceptors (Lipinski definition) is 16. The first-order valence-corrected chi connectivity index (χ1v) is 25.3. The Morgan fingerprint density at radius 2 is 1.61 bits per heavy atom. The Morgan fingerprint density at radius 1 is 0.928 bits per heavy atom. The van der Waals surface area contributed by atoms with Gasteiger partial charge in [-0.15, -0.1) is 11.3 Å². The van der Waals surface area contributed by atoms with Crippen molar-refractivity contribution in [2.24, 2.45) is 12.5 Å². The Hall–Kier alpha value is -4.67. The Kier molecular flexibility index (Phi) is 19.2. The first kappa shape index (κ1) is 52.2. The zero-order valence-electron chi connectivity index (χ0n) is 41.0. The molecule has 378 valence electrons. The van der Waals surface area contributed by atoms with Gasteiger partial charge in [-0.2, -0.15) is 5.10 Å². The van der Waals surface area contributed by atoms with Gasteiger partial charge in [0.2, 0.25) is 17.7 Å². The lowest BCUT2D eigenvalue weighted by atomic mass is 9.85. The third-order valence-electron chi connectivity index (χ3n) is 13.0. The number of rotatable bonds is 24. The smallest absolute Gasteiger partial charge is 0.246 e. The zero-order chi connectivity index (χ0) is 48.8. The molecular weight excluding hydrogens is 905 g/mol. The molecule has 7 rings (SSSR count). The predicted octanol–water partition coefficient (Wildman–Crippen LogP) is 3.66. The summed E-state index contributed by atoms with van der Waals surface area (Å²) in [5, 5.41) is 24.5. The highest BCUT2D eigenvalue weighted by Crippen LogP contribution is 2.30. The molecule has 19 nitrogen and oxygen atoms in total. The monoisotopic (exact) mass is 977 g/mol. The number of β-amino-alcohol motifs (C(OH)–C–C–N with tert-alkyl or cyclic N) is 1. The van der Waals surface area contributed by atoms with Gasteiger partial charge in [0.05, 0.1) is 81.2 Å². The fraction of sp³-hybridized carbons (Fsp3) is 0.653. The SMILES string of the molecule is Cc1ncsc1-c1ccc(CNC(=O)[C@@H]2C[C@@H](O)CN2C(=O)[C@@H](NC(=O)COCCOCCOCCOCCCc2nc(NC3CCC(N4CCOCC4)CC3)c3c(cnn3C)n2)C(C)(C)C)cc1. The van der Waals surface area contributed by atoms with E-state index in [1.165, 1.54) is 17.7 Å². The fourth-order valence-corrected chi connectivity index (χ4v) is 10.0. The van der Waals surface area contributed by atoms with Gasteiger partial charge in [-0.3, -0.25) is 24.0 Å². The molecule has 0 spiro atoms. The quantitative estimate of drug-likeness (QED) is 0.0738. The average Bonchev–Trinajstić information content (AvgIpc) is 4.07. The van der Waals surface area contributed by atoms with Gasteiger partial charge in [0, 0.05) is 64.8 Å². The van der Waals surface area contributed by atoms with Gasteiger partial charge in [-0.05, 0) is 55.6 Å². The second-order valence-corrected chi connectivity index (χ2v) is 20.1. The molecule has 3 aromatic heterocycles. The van der Waals surface area contributed by atoms with Crippen LogP contribution in [0.5, 0.6) is 0 Å². The Labute approximate surface area is 409 Å². The van der Waals surface area contributed by atoms with Crippen molar-refractivity contribution in [3.8, 4) is 10.4 Å². The van der Waals surface area contributed by atoms with Crippen molar-refractivity contribution >= 4 is 45.9 Å². The van der Waals surface area contributed by atoms with Crippen LogP contribution in [-0.2, 0) is 58.1 Å². The molecule has 3 atom stereocenters. The molecule has 0 bridgehead atoms. The van der Waals surface area contributed by atoms with Crippen molar-refractivity contribution in [3.05, 3.63) is 53.1 Å². The highest BCUT2D eigenvalue weighted by molar-refractivity contribution is 7.13. The van der Waals surface area contributed by atoms with Crippen LogP contribution in [0.25, 0.3) is 21.5 Å². The van der Waals surface area contributed by atoms with Crippen LogP contribution >= 0.6 is 11.3 Å². The maximum absolute atomic E-state index is 13.9. The van der Waals surface area contributed by atoms with Gasteiger partial charge >= 0.3 is 0 Å². The summed E-state index contributed by atoms with van der Waals surface area (Å²) < 4.78 is 30.0. The minimum atomic E-state index is -0.956. The molecule has 0 radical (unpaired) electrons. The van der Waals surface area contributed by atoms with Gasteiger partial charge in [0.25, 0.3) is 0 Å². The van der Waals surface area contributed by atoms with Crippen molar-refractivity contribution in [1.82, 2.24) is 45.2 Å². The summed E-state index contributed by atoms with van der Waals surface area (Å²) >= 11 is 1.58. The minimum Gasteiger partial charge on any atom is -0.391 e. The number of carbonyl (C=O) groups excluding carboxylic acids is 3. The average molecular weight is 977 g/mol. The number of hydrogen-bond donors (Lipinski definition) is 4. The number of likely N-dealkylation sites (tertiary alicyclic amines) is 1. The lowest BCUT2D eigenvalue weighted by molar-refractivity contribution is -0.144. The van der Waals surface area contributed by atoms with E-state index in [2.05, 4.69) is 30.9 Å². The number of ether oxygens (including phenoxy) is 5. The van der Waals surface area contributed by atoms with Gasteiger partial charge in [0.15, 0.2) is 5.82 Å². The molecule has 4 N–H and O–H groups in total. The van der Waals surface area contributed by atoms with Crippen LogP contribution in [-0.4, -0.2) is 173 Å². The Bertz CT molecular complexity index is 2260. The molecule has 2 saturated heterocycles. The lowest BCUT2D eigenvalue weighted by Gasteiger charge is -2.39. The number of anilines is 1. The van der Waals surface area contributed by atoms with Crippen LogP contribution in [0, 0.1) is 12.3 Å². The van der Waals surface area contributed by atoms with Crippen molar-refractivity contribution < 1.29 is 43.2 Å². The van der Waals surface area contributed by atoms with E-state index in [4.69, 9.17) is 33.7 Å². The zero-order valence-corrected chi connectivity index (χ0v) is 41.8. The predicted molar refractivity (Wildman–Crippen MR) is 262 cm³/mol. The first-order chi connectivity index (χ1) is 33.3. The number of benzene rings is 1. The van der Waals surface area contributed by atoms with Crippen molar-refractivity contribution in [1.29, 1.82) is 0 Å². The van der Waals surface area contributed by atoms with Gasteiger partial charge in [0.1, 0.15) is 35.5 Å². The molecule has 0 unspecified atom stereocenters. The molecule has 1 aliphatic carbocycles. The standard InChI is InChI=1S/C49H72N10O9S/c1-33-44(69-32-51-33)35-10-8-34(9-11-35)28-50-47(62)40-27-38(60)30-59(40)48(63)45(49(2,3)4)56-42(61)31-68-26-25-67-24-23-66-22-21-64-18-6-7-41-54-39-29-52-57(5)43(39)46(55-41)53-36-12-14-37(15-13-36)58-16-19-65-20-17-58/h8-11,29,32,36-38,40,45,60H,6-7,12-28,30-31H2,1-5H3,(H,50,62)(H,56,61)(H,53,54,55)/t36?,37?,38-,40+,45-/m1/s1. The molecule has 5 heterocycles. The van der Waals surface area contributed by atoms with E-state index in [-0.39, 0.29) is 45.2 Å². The molecule has 3 amide bonds. The number of fused-ring (bicyclic) bond motifs is 1.